The molecule has 0 aliphatic carbocycles. The van der Waals surface area contributed by atoms with Crippen molar-refractivity contribution in [3.05, 3.63) is 30.3 Å². The van der Waals surface area contributed by atoms with Gasteiger partial charge in [0, 0.05) is 5.56 Å². The minimum absolute atomic E-state index is 0.0695. The van der Waals surface area contributed by atoms with Crippen molar-refractivity contribution in [3.8, 4) is 11.4 Å². The predicted molar refractivity (Wildman–Crippen MR) is 57.5 cm³/mol. The Bertz CT molecular complexity index is 507. The zero-order chi connectivity index (χ0) is 11.5. The maximum atomic E-state index is 10.6. The summed E-state index contributed by atoms with van der Waals surface area (Å²) >= 11 is 0. The first-order valence-electron chi connectivity index (χ1n) is 4.64. The molecule has 6 heteroatoms. The fourth-order valence-corrected chi connectivity index (χ4v) is 1.40. The maximum absolute atomic E-state index is 10.6. The van der Waals surface area contributed by atoms with Crippen LogP contribution in [0.2, 0.25) is 0 Å². The Morgan fingerprint density at radius 1 is 1.38 bits per heavy atom. The third-order valence-electron chi connectivity index (χ3n) is 2.01. The number of benzene rings is 1. The molecule has 0 saturated heterocycles. The molecule has 0 radical (unpaired) electrons. The van der Waals surface area contributed by atoms with Crippen LogP contribution in [0.4, 0.5) is 5.95 Å². The number of nitrogens with two attached hydrogens (primary N) is 1. The Morgan fingerprint density at radius 3 is 2.69 bits per heavy atom. The van der Waals surface area contributed by atoms with Crippen molar-refractivity contribution in [2.45, 2.75) is 6.54 Å². The molecule has 3 N–H and O–H groups in total. The number of aromatic nitrogens is 3. The van der Waals surface area contributed by atoms with Crippen molar-refractivity contribution in [2.75, 3.05) is 5.73 Å². The molecule has 0 saturated carbocycles. The standard InChI is InChI=1S/C10H10N4O2/c11-10-12-9(7-4-2-1-3-5-7)14(13-10)6-8(15)16/h1-5H,6H2,(H2,11,13)(H,15,16). The van der Waals surface area contributed by atoms with Gasteiger partial charge in [-0.05, 0) is 0 Å². The van der Waals surface area contributed by atoms with Crippen molar-refractivity contribution in [2.24, 2.45) is 0 Å². The fraction of sp³-hybridized carbons (Fsp3) is 0.100. The molecular weight excluding hydrogens is 208 g/mol. The van der Waals surface area contributed by atoms with Crippen LogP contribution in [0.3, 0.4) is 0 Å². The van der Waals surface area contributed by atoms with Gasteiger partial charge in [-0.1, -0.05) is 30.3 Å². The first-order chi connectivity index (χ1) is 7.66. The van der Waals surface area contributed by atoms with Gasteiger partial charge in [0.15, 0.2) is 5.82 Å². The van der Waals surface area contributed by atoms with E-state index in [-0.39, 0.29) is 12.5 Å². The number of anilines is 1. The summed E-state index contributed by atoms with van der Waals surface area (Å²) < 4.78 is 1.27. The molecule has 2 aromatic rings. The van der Waals surface area contributed by atoms with Crippen LogP contribution in [0.5, 0.6) is 0 Å². The number of hydrogen-bond donors (Lipinski definition) is 2. The molecular formula is C10H10N4O2. The second-order valence-corrected chi connectivity index (χ2v) is 3.21. The topological polar surface area (TPSA) is 94.0 Å². The second-order valence-electron chi connectivity index (χ2n) is 3.21. The van der Waals surface area contributed by atoms with Gasteiger partial charge in [0.1, 0.15) is 6.54 Å². The lowest BCUT2D eigenvalue weighted by atomic mass is 10.2. The van der Waals surface area contributed by atoms with Gasteiger partial charge in [0.05, 0.1) is 0 Å². The number of carboxylic acids is 1. The monoisotopic (exact) mass is 218 g/mol. The molecule has 1 aromatic heterocycles. The Hall–Kier alpha value is -2.37. The number of nitrogen functional groups attached to an aromatic ring is 1. The Kier molecular flexibility index (Phi) is 2.55. The largest absolute Gasteiger partial charge is 0.480 e. The van der Waals surface area contributed by atoms with Gasteiger partial charge in [-0.2, -0.15) is 4.98 Å². The highest BCUT2D eigenvalue weighted by Crippen LogP contribution is 2.17. The highest BCUT2D eigenvalue weighted by atomic mass is 16.4. The molecule has 82 valence electrons. The highest BCUT2D eigenvalue weighted by Gasteiger charge is 2.12. The van der Waals surface area contributed by atoms with Crippen LogP contribution in [0.1, 0.15) is 0 Å². The van der Waals surface area contributed by atoms with Gasteiger partial charge >= 0.3 is 5.97 Å². The maximum Gasteiger partial charge on any atom is 0.325 e. The molecule has 0 spiro atoms. The van der Waals surface area contributed by atoms with Crippen LogP contribution >= 0.6 is 0 Å². The average Bonchev–Trinajstić information content (AvgIpc) is 2.60. The Labute approximate surface area is 91.3 Å². The van der Waals surface area contributed by atoms with E-state index in [2.05, 4.69) is 10.1 Å². The summed E-state index contributed by atoms with van der Waals surface area (Å²) in [6.45, 7) is -0.256. The van der Waals surface area contributed by atoms with Crippen molar-refractivity contribution < 1.29 is 9.90 Å². The smallest absolute Gasteiger partial charge is 0.325 e. The van der Waals surface area contributed by atoms with Gasteiger partial charge < -0.3 is 10.8 Å². The van der Waals surface area contributed by atoms with Gasteiger partial charge in [0.25, 0.3) is 0 Å². The number of rotatable bonds is 3. The van der Waals surface area contributed by atoms with Gasteiger partial charge in [-0.3, -0.25) is 4.79 Å². The Balaban J connectivity index is 2.44. The van der Waals surface area contributed by atoms with E-state index in [0.717, 1.165) is 5.56 Å². The minimum atomic E-state index is -0.984. The normalized spacial score (nSPS) is 10.2. The highest BCUT2D eigenvalue weighted by molar-refractivity contribution is 5.68. The SMILES string of the molecule is Nc1nc(-c2ccccc2)n(CC(=O)O)n1. The molecule has 0 unspecified atom stereocenters. The molecule has 1 aromatic carbocycles. The predicted octanol–water partition coefficient (Wildman–Crippen LogP) is 0.612. The van der Waals surface area contributed by atoms with Crippen LogP contribution in [-0.4, -0.2) is 25.8 Å². The molecule has 2 rings (SSSR count). The molecule has 0 aliphatic heterocycles. The average molecular weight is 218 g/mol. The summed E-state index contributed by atoms with van der Waals surface area (Å²) in [4.78, 5) is 14.6. The van der Waals surface area contributed by atoms with Gasteiger partial charge in [0.2, 0.25) is 5.95 Å². The molecule has 16 heavy (non-hydrogen) atoms. The van der Waals surface area contributed by atoms with E-state index < -0.39 is 5.97 Å². The summed E-state index contributed by atoms with van der Waals surface area (Å²) in [6.07, 6.45) is 0. The quantitative estimate of drug-likeness (QED) is 0.787. The van der Waals surface area contributed by atoms with Crippen LogP contribution in [0.25, 0.3) is 11.4 Å². The number of nitrogens with zero attached hydrogens (tertiary/aromatic N) is 3. The lowest BCUT2D eigenvalue weighted by molar-refractivity contribution is -0.137. The summed E-state index contributed by atoms with van der Waals surface area (Å²) in [7, 11) is 0. The number of carboxylic acid groups (broad SMARTS) is 1. The van der Waals surface area contributed by atoms with E-state index in [1.165, 1.54) is 4.68 Å². The van der Waals surface area contributed by atoms with E-state index in [0.29, 0.717) is 5.82 Å². The third kappa shape index (κ3) is 2.00. The lowest BCUT2D eigenvalue weighted by Crippen LogP contribution is -2.11. The van der Waals surface area contributed by atoms with E-state index in [1.807, 2.05) is 30.3 Å². The van der Waals surface area contributed by atoms with E-state index in [9.17, 15) is 4.79 Å². The van der Waals surface area contributed by atoms with Crippen LogP contribution in [0, 0.1) is 0 Å². The van der Waals surface area contributed by atoms with Gasteiger partial charge in [-0.25, -0.2) is 4.68 Å². The molecule has 0 atom stereocenters. The molecule has 6 nitrogen and oxygen atoms in total. The summed E-state index contributed by atoms with van der Waals surface area (Å²) in [5, 5.41) is 12.5. The summed E-state index contributed by atoms with van der Waals surface area (Å²) in [6, 6.07) is 9.19. The molecule has 0 aliphatic rings. The Morgan fingerprint density at radius 2 is 2.06 bits per heavy atom. The van der Waals surface area contributed by atoms with Crippen molar-refractivity contribution in [1.29, 1.82) is 0 Å². The molecule has 0 amide bonds. The second kappa shape index (κ2) is 4.01. The van der Waals surface area contributed by atoms with Crippen LogP contribution in [-0.2, 0) is 11.3 Å². The first kappa shape index (κ1) is 10.2. The van der Waals surface area contributed by atoms with Crippen molar-refractivity contribution in [1.82, 2.24) is 14.8 Å². The first-order valence-corrected chi connectivity index (χ1v) is 4.64. The van der Waals surface area contributed by atoms with E-state index in [4.69, 9.17) is 10.8 Å². The van der Waals surface area contributed by atoms with E-state index >= 15 is 0 Å². The molecule has 0 fully saturated rings. The zero-order valence-corrected chi connectivity index (χ0v) is 8.37. The number of hydrogen-bond acceptors (Lipinski definition) is 4. The number of carbonyl (C=O) groups is 1. The minimum Gasteiger partial charge on any atom is -0.480 e. The lowest BCUT2D eigenvalue weighted by Gasteiger charge is -2.01. The third-order valence-corrected chi connectivity index (χ3v) is 2.01. The van der Waals surface area contributed by atoms with Gasteiger partial charge in [-0.15, -0.1) is 5.10 Å². The molecule has 0 bridgehead atoms. The number of aliphatic carboxylic acids is 1. The van der Waals surface area contributed by atoms with Crippen molar-refractivity contribution >= 4 is 11.9 Å². The van der Waals surface area contributed by atoms with Crippen molar-refractivity contribution in [3.63, 3.8) is 0 Å². The summed E-state index contributed by atoms with van der Waals surface area (Å²) in [5.41, 5.74) is 6.24. The fourth-order valence-electron chi connectivity index (χ4n) is 1.40. The van der Waals surface area contributed by atoms with Crippen LogP contribution < -0.4 is 5.73 Å². The molecule has 1 heterocycles. The van der Waals surface area contributed by atoms with E-state index in [1.54, 1.807) is 0 Å². The van der Waals surface area contributed by atoms with Crippen LogP contribution in [0.15, 0.2) is 30.3 Å². The zero-order valence-electron chi connectivity index (χ0n) is 8.37. The summed E-state index contributed by atoms with van der Waals surface area (Å²) in [5.74, 6) is -0.456.